The van der Waals surface area contributed by atoms with Crippen LogP contribution in [0.1, 0.15) is 99.9 Å². The SMILES string of the molecule is CC1(C)c2ccccc2-c2ccc(-c3cc4c(c5c3oc3ccccc35)-c3ccc(N(c5ccc6c(c5)C(C)(C)c5c7c(c8c(oc9ccccc98)c5-6)-c5ccccc5C7(C)C)c5ccc6[nH]c7ccccc7c6c5)cc3C4(C)C)cc21. The van der Waals surface area contributed by atoms with Gasteiger partial charge in [0.15, 0.2) is 0 Å². The number of furan rings is 2. The molecule has 0 spiro atoms. The second-order valence-electron chi connectivity index (χ2n) is 26.0. The molecule has 82 heavy (non-hydrogen) atoms. The van der Waals surface area contributed by atoms with Crippen molar-refractivity contribution < 1.29 is 8.83 Å². The topological polar surface area (TPSA) is 45.3 Å². The fourth-order valence-corrected chi connectivity index (χ4v) is 16.4. The van der Waals surface area contributed by atoms with Gasteiger partial charge >= 0.3 is 0 Å². The first-order chi connectivity index (χ1) is 39.7. The van der Waals surface area contributed by atoms with Gasteiger partial charge in [0.05, 0.1) is 0 Å². The van der Waals surface area contributed by atoms with Crippen molar-refractivity contribution in [3.8, 4) is 55.6 Å². The molecule has 0 atom stereocenters. The number of fused-ring (bicyclic) bond motifs is 25. The molecule has 14 aromatic rings. The first-order valence-electron chi connectivity index (χ1n) is 29.2. The molecule has 0 aliphatic heterocycles. The Morgan fingerprint density at radius 3 is 1.52 bits per heavy atom. The van der Waals surface area contributed by atoms with E-state index in [4.69, 9.17) is 8.83 Å². The summed E-state index contributed by atoms with van der Waals surface area (Å²) in [5.41, 5.74) is 31.6. The molecule has 3 aromatic heterocycles. The molecule has 18 rings (SSSR count). The second-order valence-corrected chi connectivity index (χ2v) is 26.0. The lowest BCUT2D eigenvalue weighted by Gasteiger charge is -2.32. The zero-order chi connectivity index (χ0) is 55.1. The van der Waals surface area contributed by atoms with Gasteiger partial charge in [0.1, 0.15) is 22.3 Å². The number of para-hydroxylation sites is 3. The fraction of sp³-hybridized carbons (Fsp3) is 0.154. The molecule has 0 unspecified atom stereocenters. The Balaban J connectivity index is 0.849. The number of nitrogens with zero attached hydrogens (tertiary/aromatic N) is 1. The molecule has 4 aliphatic rings. The van der Waals surface area contributed by atoms with Gasteiger partial charge in [-0.1, -0.05) is 183 Å². The maximum atomic E-state index is 7.12. The summed E-state index contributed by atoms with van der Waals surface area (Å²) in [6, 6.07) is 75.0. The van der Waals surface area contributed by atoms with E-state index in [1.807, 2.05) is 0 Å². The summed E-state index contributed by atoms with van der Waals surface area (Å²) in [5.74, 6) is 0. The first kappa shape index (κ1) is 46.4. The van der Waals surface area contributed by atoms with Crippen molar-refractivity contribution >= 4 is 82.7 Å². The number of aromatic amines is 1. The number of hydrogen-bond donors (Lipinski definition) is 1. The van der Waals surface area contributed by atoms with Crippen molar-refractivity contribution in [2.45, 2.75) is 77.0 Å². The van der Waals surface area contributed by atoms with Crippen LogP contribution in [-0.2, 0) is 21.7 Å². The average molecular weight is 1060 g/mol. The van der Waals surface area contributed by atoms with E-state index in [0.717, 1.165) is 61.4 Å². The first-order valence-corrected chi connectivity index (χ1v) is 29.2. The van der Waals surface area contributed by atoms with Crippen molar-refractivity contribution in [1.82, 2.24) is 4.98 Å². The van der Waals surface area contributed by atoms with Crippen molar-refractivity contribution in [1.29, 1.82) is 0 Å². The van der Waals surface area contributed by atoms with Gasteiger partial charge in [0, 0.05) is 93.2 Å². The van der Waals surface area contributed by atoms with Gasteiger partial charge in [0.25, 0.3) is 0 Å². The van der Waals surface area contributed by atoms with Crippen LogP contribution in [0.5, 0.6) is 0 Å². The standard InChI is InChI=1S/C78H58N2O2/c1-75(2)56-24-14-9-19-46(56)47-33-29-42(37-58(47)75)54-41-61-66(68-52-22-12-17-27-64(52)81-73(54)68)50-34-30-44(39-59(50)76(61,3)4)80(43-32-36-63-55(38-43)48-20-11-16-26-62(48)79-63)45-31-35-51-60(40-45)78(7,8)72-70(51)74-69(53-23-13-18-28-65(53)82-74)67-49-21-10-15-25-57(49)77(5,6)71(67)72/h9-41,79H,1-8H3. The van der Waals surface area contributed by atoms with E-state index >= 15 is 0 Å². The van der Waals surface area contributed by atoms with Crippen LogP contribution in [-0.4, -0.2) is 4.98 Å². The molecule has 11 aromatic carbocycles. The molecule has 4 heteroatoms. The largest absolute Gasteiger partial charge is 0.455 e. The maximum Gasteiger partial charge on any atom is 0.144 e. The van der Waals surface area contributed by atoms with Gasteiger partial charge < -0.3 is 18.7 Å². The summed E-state index contributed by atoms with van der Waals surface area (Å²) in [6.45, 7) is 19.3. The zero-order valence-electron chi connectivity index (χ0n) is 47.3. The normalized spacial score (nSPS) is 16.0. The molecule has 1 N–H and O–H groups in total. The quantitative estimate of drug-likeness (QED) is 0.191. The molecular weight excluding hydrogens is 997 g/mol. The fourth-order valence-electron chi connectivity index (χ4n) is 16.4. The molecular formula is C78H58N2O2. The summed E-state index contributed by atoms with van der Waals surface area (Å²) >= 11 is 0. The predicted molar refractivity (Wildman–Crippen MR) is 341 cm³/mol. The van der Waals surface area contributed by atoms with Crippen molar-refractivity contribution in [3.63, 3.8) is 0 Å². The third-order valence-electron chi connectivity index (χ3n) is 20.3. The molecule has 0 saturated heterocycles. The Labute approximate surface area is 476 Å². The zero-order valence-corrected chi connectivity index (χ0v) is 47.3. The van der Waals surface area contributed by atoms with E-state index in [9.17, 15) is 0 Å². The Morgan fingerprint density at radius 1 is 0.317 bits per heavy atom. The maximum absolute atomic E-state index is 7.12. The van der Waals surface area contributed by atoms with Crippen LogP contribution >= 0.6 is 0 Å². The number of anilines is 3. The monoisotopic (exact) mass is 1050 g/mol. The molecule has 0 amide bonds. The lowest BCUT2D eigenvalue weighted by atomic mass is 9.72. The molecule has 3 heterocycles. The van der Waals surface area contributed by atoms with Crippen LogP contribution in [0.3, 0.4) is 0 Å². The Morgan fingerprint density at radius 2 is 0.793 bits per heavy atom. The third kappa shape index (κ3) is 5.67. The predicted octanol–water partition coefficient (Wildman–Crippen LogP) is 21.5. The third-order valence-corrected chi connectivity index (χ3v) is 20.3. The van der Waals surface area contributed by atoms with Crippen LogP contribution in [0.2, 0.25) is 0 Å². The van der Waals surface area contributed by atoms with E-state index in [1.54, 1.807) is 0 Å². The highest BCUT2D eigenvalue weighted by Gasteiger charge is 2.49. The number of hydrogen-bond acceptors (Lipinski definition) is 3. The minimum absolute atomic E-state index is 0.134. The van der Waals surface area contributed by atoms with E-state index in [2.05, 4.69) is 265 Å². The van der Waals surface area contributed by atoms with Crippen molar-refractivity contribution in [2.75, 3.05) is 4.90 Å². The molecule has 0 bridgehead atoms. The van der Waals surface area contributed by atoms with Crippen molar-refractivity contribution in [3.05, 3.63) is 245 Å². The minimum atomic E-state index is -0.375. The highest BCUT2D eigenvalue weighted by molar-refractivity contribution is 6.22. The van der Waals surface area contributed by atoms with Crippen LogP contribution in [0.15, 0.2) is 209 Å². The molecule has 4 aliphatic carbocycles. The lowest BCUT2D eigenvalue weighted by Crippen LogP contribution is -2.24. The van der Waals surface area contributed by atoms with E-state index in [1.165, 1.54) is 122 Å². The number of H-pyrrole nitrogens is 1. The average Bonchev–Trinajstić information content (AvgIpc) is 1.72. The smallest absolute Gasteiger partial charge is 0.144 e. The molecule has 0 radical (unpaired) electrons. The van der Waals surface area contributed by atoms with Gasteiger partial charge in [-0.3, -0.25) is 0 Å². The van der Waals surface area contributed by atoms with Gasteiger partial charge in [-0.25, -0.2) is 0 Å². The minimum Gasteiger partial charge on any atom is -0.455 e. The van der Waals surface area contributed by atoms with Crippen LogP contribution < -0.4 is 4.90 Å². The highest BCUT2D eigenvalue weighted by atomic mass is 16.3. The Hall–Kier alpha value is -9.38. The van der Waals surface area contributed by atoms with E-state index < -0.39 is 0 Å². The van der Waals surface area contributed by atoms with Gasteiger partial charge in [0.2, 0.25) is 0 Å². The van der Waals surface area contributed by atoms with E-state index in [0.29, 0.717) is 0 Å². The summed E-state index contributed by atoms with van der Waals surface area (Å²) in [5, 5.41) is 7.14. The lowest BCUT2D eigenvalue weighted by molar-refractivity contribution is 0.600. The summed E-state index contributed by atoms with van der Waals surface area (Å²) in [4.78, 5) is 6.23. The molecule has 0 fully saturated rings. The Bertz CT molecular complexity index is 5240. The Kier molecular flexibility index (Phi) is 8.67. The van der Waals surface area contributed by atoms with Crippen LogP contribution in [0.25, 0.3) is 121 Å². The number of aromatic nitrogens is 1. The van der Waals surface area contributed by atoms with E-state index in [-0.39, 0.29) is 21.7 Å². The number of nitrogens with one attached hydrogen (secondary N) is 1. The number of rotatable bonds is 4. The number of benzene rings is 11. The molecule has 0 saturated carbocycles. The van der Waals surface area contributed by atoms with Gasteiger partial charge in [-0.05, 0) is 162 Å². The van der Waals surface area contributed by atoms with Crippen LogP contribution in [0, 0.1) is 0 Å². The summed E-state index contributed by atoms with van der Waals surface area (Å²) < 4.78 is 14.2. The van der Waals surface area contributed by atoms with Crippen molar-refractivity contribution in [2.24, 2.45) is 0 Å². The van der Waals surface area contributed by atoms with Gasteiger partial charge in [-0.15, -0.1) is 0 Å². The highest BCUT2D eigenvalue weighted by Crippen LogP contribution is 2.64. The molecule has 392 valence electrons. The van der Waals surface area contributed by atoms with Crippen LogP contribution in [0.4, 0.5) is 17.1 Å². The molecule has 4 nitrogen and oxygen atoms in total. The second kappa shape index (κ2) is 15.3. The summed E-state index contributed by atoms with van der Waals surface area (Å²) in [6.07, 6.45) is 0. The summed E-state index contributed by atoms with van der Waals surface area (Å²) in [7, 11) is 0. The van der Waals surface area contributed by atoms with Gasteiger partial charge in [-0.2, -0.15) is 0 Å².